The highest BCUT2D eigenvalue weighted by Gasteiger charge is 2.42. The molecule has 0 aromatic heterocycles. The summed E-state index contributed by atoms with van der Waals surface area (Å²) in [5.41, 5.74) is 0. The second kappa shape index (κ2) is 4.59. The molecular weight excluding hydrogens is 196 g/mol. The molecule has 0 aliphatic carbocycles. The number of methoxy groups -OCH3 is 1. The lowest BCUT2D eigenvalue weighted by Crippen LogP contribution is -2.56. The molecule has 1 unspecified atom stereocenters. The molecule has 0 spiro atoms. The van der Waals surface area contributed by atoms with E-state index >= 15 is 0 Å². The summed E-state index contributed by atoms with van der Waals surface area (Å²) in [6, 6.07) is 0. The molecule has 1 aliphatic rings. The van der Waals surface area contributed by atoms with Crippen LogP contribution in [0.5, 0.6) is 0 Å². The highest BCUT2D eigenvalue weighted by molar-refractivity contribution is 7.81. The third-order valence-corrected chi connectivity index (χ3v) is 2.69. The van der Waals surface area contributed by atoms with Crippen molar-refractivity contribution in [3.8, 4) is 0 Å². The number of thiol groups is 1. The molecule has 5 atom stereocenters. The zero-order valence-electron chi connectivity index (χ0n) is 7.20. The molecule has 0 saturated carbocycles. The summed E-state index contributed by atoms with van der Waals surface area (Å²) in [5.74, 6) is 0. The lowest BCUT2D eigenvalue weighted by Gasteiger charge is -2.39. The zero-order chi connectivity index (χ0) is 10.0. The van der Waals surface area contributed by atoms with E-state index in [9.17, 15) is 10.2 Å². The molecule has 0 aromatic rings. The Morgan fingerprint density at radius 1 is 1.38 bits per heavy atom. The summed E-state index contributed by atoms with van der Waals surface area (Å²) in [4.78, 5) is 0. The first-order valence-corrected chi connectivity index (χ1v) is 4.46. The van der Waals surface area contributed by atoms with E-state index in [1.165, 1.54) is 7.11 Å². The van der Waals surface area contributed by atoms with Crippen LogP contribution < -0.4 is 0 Å². The first kappa shape index (κ1) is 11.2. The quantitative estimate of drug-likeness (QED) is 0.412. The summed E-state index contributed by atoms with van der Waals surface area (Å²) >= 11 is 4.01. The van der Waals surface area contributed by atoms with Gasteiger partial charge in [-0.25, -0.2) is 0 Å². The number of hydrogen-bond donors (Lipinski definition) is 4. The maximum Gasteiger partial charge on any atom is 0.184 e. The largest absolute Gasteiger partial charge is 0.394 e. The van der Waals surface area contributed by atoms with Crippen LogP contribution in [0.15, 0.2) is 0 Å². The van der Waals surface area contributed by atoms with E-state index in [0.29, 0.717) is 0 Å². The first-order chi connectivity index (χ1) is 6.11. The monoisotopic (exact) mass is 210 g/mol. The van der Waals surface area contributed by atoms with Crippen molar-refractivity contribution in [2.24, 2.45) is 0 Å². The van der Waals surface area contributed by atoms with Gasteiger partial charge in [-0.15, -0.1) is 0 Å². The summed E-state index contributed by atoms with van der Waals surface area (Å²) in [6.07, 6.45) is -3.58. The van der Waals surface area contributed by atoms with Gasteiger partial charge in [0.25, 0.3) is 0 Å². The molecule has 1 fully saturated rings. The van der Waals surface area contributed by atoms with E-state index in [4.69, 9.17) is 14.6 Å². The van der Waals surface area contributed by atoms with E-state index in [1.54, 1.807) is 0 Å². The van der Waals surface area contributed by atoms with Gasteiger partial charge in [0.05, 0.1) is 18.0 Å². The van der Waals surface area contributed by atoms with Crippen molar-refractivity contribution in [2.75, 3.05) is 13.7 Å². The van der Waals surface area contributed by atoms with E-state index in [1.807, 2.05) is 0 Å². The Morgan fingerprint density at radius 3 is 2.46 bits per heavy atom. The molecule has 1 heterocycles. The average Bonchev–Trinajstić information content (AvgIpc) is 2.15. The van der Waals surface area contributed by atoms with Gasteiger partial charge in [0.2, 0.25) is 0 Å². The van der Waals surface area contributed by atoms with Crippen LogP contribution in [-0.2, 0) is 9.47 Å². The van der Waals surface area contributed by atoms with Gasteiger partial charge in [-0.05, 0) is 0 Å². The molecule has 5 nitrogen and oxygen atoms in total. The van der Waals surface area contributed by atoms with Crippen LogP contribution in [0.1, 0.15) is 0 Å². The second-order valence-electron chi connectivity index (χ2n) is 2.93. The Kier molecular flexibility index (Phi) is 3.96. The lowest BCUT2D eigenvalue weighted by atomic mass is 10.0. The molecule has 1 rings (SSSR count). The van der Waals surface area contributed by atoms with E-state index in [2.05, 4.69) is 12.6 Å². The van der Waals surface area contributed by atoms with Gasteiger partial charge in [-0.3, -0.25) is 0 Å². The Balaban J connectivity index is 2.66. The molecule has 0 radical (unpaired) electrons. The maximum atomic E-state index is 9.45. The molecule has 1 saturated heterocycles. The van der Waals surface area contributed by atoms with Gasteiger partial charge in [0.1, 0.15) is 12.2 Å². The molecular formula is C7H14O5S. The van der Waals surface area contributed by atoms with Gasteiger partial charge in [0, 0.05) is 7.11 Å². The predicted molar refractivity (Wildman–Crippen MR) is 47.5 cm³/mol. The molecule has 3 N–H and O–H groups in total. The highest BCUT2D eigenvalue weighted by Crippen LogP contribution is 2.24. The van der Waals surface area contributed by atoms with Crippen molar-refractivity contribution in [1.29, 1.82) is 0 Å². The Bertz CT molecular complexity index is 147. The van der Waals surface area contributed by atoms with E-state index < -0.39 is 29.9 Å². The minimum atomic E-state index is -0.994. The van der Waals surface area contributed by atoms with Crippen molar-refractivity contribution < 1.29 is 24.8 Å². The molecule has 0 aromatic carbocycles. The standard InChI is InChI=1S/C7H14O5S/c1-11-7-5(10)6(13)4(9)3(2-8)12-7/h3-10,13H,2H2,1H3/t3-,4+,5-,6+,7?/m1/s1. The first-order valence-electron chi connectivity index (χ1n) is 3.95. The highest BCUT2D eigenvalue weighted by atomic mass is 32.1. The van der Waals surface area contributed by atoms with Gasteiger partial charge in [-0.2, -0.15) is 12.6 Å². The van der Waals surface area contributed by atoms with Crippen molar-refractivity contribution in [2.45, 2.75) is 29.9 Å². The fourth-order valence-corrected chi connectivity index (χ4v) is 1.59. The average molecular weight is 210 g/mol. The fourth-order valence-electron chi connectivity index (χ4n) is 1.26. The van der Waals surface area contributed by atoms with Crippen molar-refractivity contribution in [1.82, 2.24) is 0 Å². The van der Waals surface area contributed by atoms with Crippen molar-refractivity contribution in [3.63, 3.8) is 0 Å². The molecule has 1 aliphatic heterocycles. The van der Waals surface area contributed by atoms with Crippen molar-refractivity contribution >= 4 is 12.6 Å². The number of aliphatic hydroxyl groups is 3. The van der Waals surface area contributed by atoms with Crippen LogP contribution in [0.3, 0.4) is 0 Å². The van der Waals surface area contributed by atoms with E-state index in [0.717, 1.165) is 0 Å². The van der Waals surface area contributed by atoms with Crippen LogP contribution >= 0.6 is 12.6 Å². The predicted octanol–water partition coefficient (Wildman–Crippen LogP) is -1.63. The van der Waals surface area contributed by atoms with Gasteiger partial charge in [-0.1, -0.05) is 0 Å². The Morgan fingerprint density at radius 2 is 2.00 bits per heavy atom. The smallest absolute Gasteiger partial charge is 0.184 e. The number of ether oxygens (including phenoxy) is 2. The Labute approximate surface area is 81.7 Å². The normalized spacial score (nSPS) is 46.4. The zero-order valence-corrected chi connectivity index (χ0v) is 8.09. The van der Waals surface area contributed by atoms with Gasteiger partial charge < -0.3 is 24.8 Å². The van der Waals surface area contributed by atoms with Crippen LogP contribution in [0.2, 0.25) is 0 Å². The molecule has 78 valence electrons. The number of aliphatic hydroxyl groups excluding tert-OH is 3. The summed E-state index contributed by atoms with van der Waals surface area (Å²) < 4.78 is 9.87. The van der Waals surface area contributed by atoms with Crippen LogP contribution in [-0.4, -0.2) is 58.9 Å². The van der Waals surface area contributed by atoms with Crippen molar-refractivity contribution in [3.05, 3.63) is 0 Å². The van der Waals surface area contributed by atoms with E-state index in [-0.39, 0.29) is 6.61 Å². The fraction of sp³-hybridized carbons (Fsp3) is 1.00. The lowest BCUT2D eigenvalue weighted by molar-refractivity contribution is -0.258. The number of hydrogen-bond acceptors (Lipinski definition) is 6. The van der Waals surface area contributed by atoms with Gasteiger partial charge in [0.15, 0.2) is 6.29 Å². The summed E-state index contributed by atoms with van der Waals surface area (Å²) in [7, 11) is 1.38. The Hall–Kier alpha value is 0.150. The minimum absolute atomic E-state index is 0.329. The summed E-state index contributed by atoms with van der Waals surface area (Å²) in [5, 5.41) is 27.0. The molecule has 6 heteroatoms. The topological polar surface area (TPSA) is 79.2 Å². The molecule has 0 amide bonds. The number of rotatable bonds is 2. The van der Waals surface area contributed by atoms with Crippen LogP contribution in [0.25, 0.3) is 0 Å². The maximum absolute atomic E-state index is 9.45. The molecule has 13 heavy (non-hydrogen) atoms. The SMILES string of the molecule is COC1O[C@H](CO)[C@H](O)[C@H](S)[C@H]1O. The van der Waals surface area contributed by atoms with Crippen LogP contribution in [0.4, 0.5) is 0 Å². The summed E-state index contributed by atoms with van der Waals surface area (Å²) in [6.45, 7) is -0.329. The van der Waals surface area contributed by atoms with Crippen LogP contribution in [0, 0.1) is 0 Å². The second-order valence-corrected chi connectivity index (χ2v) is 3.53. The minimum Gasteiger partial charge on any atom is -0.394 e. The third kappa shape index (κ3) is 2.15. The third-order valence-electron chi connectivity index (χ3n) is 2.08. The van der Waals surface area contributed by atoms with Gasteiger partial charge >= 0.3 is 0 Å². The molecule has 0 bridgehead atoms.